The van der Waals surface area contributed by atoms with E-state index in [1.165, 1.54) is 147 Å². The Hall–Kier alpha value is -8.34. The number of allylic oxidation sites excluding steroid dienone is 4. The molecule has 14 rings (SSSR count). The van der Waals surface area contributed by atoms with Crippen LogP contribution in [0, 0.1) is 39.0 Å². The van der Waals surface area contributed by atoms with E-state index in [2.05, 4.69) is 296 Å². The maximum Gasteiger partial charge on any atom is 0.332 e. The predicted octanol–water partition coefficient (Wildman–Crippen LogP) is 20.1. The maximum atomic E-state index is 2.86. The van der Waals surface area contributed by atoms with Gasteiger partial charge in [0.15, 0.2) is 0 Å². The summed E-state index contributed by atoms with van der Waals surface area (Å²) in [5, 5.41) is 0. The summed E-state index contributed by atoms with van der Waals surface area (Å²) in [7, 11) is 0. The molecule has 3 heterocycles. The lowest BCUT2D eigenvalue weighted by atomic mass is 9.42. The molecular formula is C80H78BN3. The van der Waals surface area contributed by atoms with Gasteiger partial charge < -0.3 is 14.6 Å². The first-order valence-electron chi connectivity index (χ1n) is 31.2. The lowest BCUT2D eigenvalue weighted by molar-refractivity contribution is 0.352. The Morgan fingerprint density at radius 1 is 0.512 bits per heavy atom. The summed E-state index contributed by atoms with van der Waals surface area (Å²) in [6.45, 7) is 23.9. The van der Waals surface area contributed by atoms with Crippen LogP contribution in [0.25, 0.3) is 44.5 Å². The van der Waals surface area contributed by atoms with Gasteiger partial charge in [-0.2, -0.15) is 0 Å². The average Bonchev–Trinajstić information content (AvgIpc) is 0.745. The van der Waals surface area contributed by atoms with Crippen molar-refractivity contribution in [2.24, 2.45) is 11.3 Å². The molecule has 3 aliphatic heterocycles. The van der Waals surface area contributed by atoms with E-state index in [0.29, 0.717) is 0 Å². The number of unbranched alkanes of at least 4 members (excludes halogenated alkanes) is 2. The second-order valence-electron chi connectivity index (χ2n) is 25.8. The van der Waals surface area contributed by atoms with Crippen molar-refractivity contribution in [2.45, 2.75) is 119 Å². The third kappa shape index (κ3) is 8.36. The van der Waals surface area contributed by atoms with Gasteiger partial charge in [-0.1, -0.05) is 198 Å². The molecule has 2 aliphatic carbocycles. The fourth-order valence-electron chi connectivity index (χ4n) is 16.3. The van der Waals surface area contributed by atoms with Crippen molar-refractivity contribution in [3.8, 4) is 44.5 Å². The summed E-state index contributed by atoms with van der Waals surface area (Å²) in [4.78, 5) is 8.26. The normalized spacial score (nSPS) is 20.7. The van der Waals surface area contributed by atoms with Gasteiger partial charge in [0, 0.05) is 62.1 Å². The molecular weight excluding hydrogens is 1010 g/mol. The smallest absolute Gasteiger partial charge is 0.332 e. The van der Waals surface area contributed by atoms with E-state index in [4.69, 9.17) is 0 Å². The largest absolute Gasteiger partial charge is 0.380 e. The highest BCUT2D eigenvalue weighted by atomic mass is 15.2. The Balaban J connectivity index is 1.14. The molecule has 0 fully saturated rings. The van der Waals surface area contributed by atoms with E-state index >= 15 is 0 Å². The number of benzene rings is 9. The van der Waals surface area contributed by atoms with E-state index in [0.717, 1.165) is 25.7 Å². The van der Waals surface area contributed by atoms with Crippen LogP contribution in [-0.2, 0) is 11.8 Å². The molecule has 0 saturated carbocycles. The molecule has 0 amide bonds. The molecule has 5 aliphatic rings. The van der Waals surface area contributed by atoms with Crippen molar-refractivity contribution in [3.05, 3.63) is 263 Å². The maximum absolute atomic E-state index is 2.86. The van der Waals surface area contributed by atoms with Crippen LogP contribution in [0.2, 0.25) is 0 Å². The molecule has 4 unspecified atom stereocenters. The van der Waals surface area contributed by atoms with Crippen molar-refractivity contribution in [1.82, 2.24) is 0 Å². The zero-order valence-corrected chi connectivity index (χ0v) is 50.9. The summed E-state index contributed by atoms with van der Waals surface area (Å²) in [5.41, 5.74) is 30.9. The van der Waals surface area contributed by atoms with Crippen LogP contribution < -0.4 is 25.5 Å². The molecule has 84 heavy (non-hydrogen) atoms. The summed E-state index contributed by atoms with van der Waals surface area (Å²) in [6, 6.07) is 75.1. The molecule has 0 spiro atoms. The third-order valence-corrected chi connectivity index (χ3v) is 20.1. The first-order chi connectivity index (χ1) is 40.7. The van der Waals surface area contributed by atoms with Gasteiger partial charge >= 0.3 is 6.85 Å². The molecule has 0 saturated heterocycles. The number of rotatable bonds is 12. The summed E-state index contributed by atoms with van der Waals surface area (Å²) >= 11 is 0. The van der Waals surface area contributed by atoms with E-state index < -0.39 is 11.0 Å². The van der Waals surface area contributed by atoms with Crippen molar-refractivity contribution in [1.29, 1.82) is 0 Å². The van der Waals surface area contributed by atoms with Crippen LogP contribution in [0.5, 0.6) is 0 Å². The van der Waals surface area contributed by atoms with Crippen LogP contribution in [0.15, 0.2) is 229 Å². The van der Waals surface area contributed by atoms with Crippen LogP contribution >= 0.6 is 0 Å². The first-order valence-corrected chi connectivity index (χ1v) is 31.2. The highest BCUT2D eigenvalue weighted by Crippen LogP contribution is 2.62. The quantitative estimate of drug-likeness (QED) is 0.0892. The van der Waals surface area contributed by atoms with Gasteiger partial charge in [0.1, 0.15) is 0 Å². The zero-order valence-electron chi connectivity index (χ0n) is 50.9. The lowest BCUT2D eigenvalue weighted by Crippen LogP contribution is -2.65. The number of hydrogen-bond donors (Lipinski definition) is 0. The van der Waals surface area contributed by atoms with Crippen molar-refractivity contribution in [2.75, 3.05) is 14.6 Å². The first kappa shape index (κ1) is 53.7. The van der Waals surface area contributed by atoms with E-state index in [1.54, 1.807) is 5.57 Å². The fourth-order valence-corrected chi connectivity index (χ4v) is 16.3. The van der Waals surface area contributed by atoms with Crippen LogP contribution in [0.3, 0.4) is 0 Å². The fraction of sp³-hybridized carbons (Fsp3) is 0.250. The second-order valence-corrected chi connectivity index (χ2v) is 25.8. The number of nitrogens with zero attached hydrogens (tertiary/aromatic N) is 3. The van der Waals surface area contributed by atoms with Gasteiger partial charge in [0.25, 0.3) is 0 Å². The number of fused-ring (bicyclic) bond motifs is 6. The molecule has 9 aromatic rings. The molecule has 416 valence electrons. The molecule has 9 aromatic carbocycles. The Labute approximate surface area is 500 Å². The SMILES string of the molecule is CCCCc1ccc(N2c3ccc4c(c3)B3c5c(cc(-c6c(C)cc(C)cc6C)cc5N4c4ccc(-c5ccccc5)cc4C)-c4cc(-c5ccccc5)ccc4N3C3=CC(C)(c4ccccc4)C4=C(C3C)C2(C)C=CC4(C)CCCC)cc1. The molecule has 4 bridgehead atoms. The van der Waals surface area contributed by atoms with Gasteiger partial charge in [-0.25, -0.2) is 0 Å². The van der Waals surface area contributed by atoms with Crippen LogP contribution in [0.1, 0.15) is 107 Å². The summed E-state index contributed by atoms with van der Waals surface area (Å²) < 4.78 is 0. The Bertz CT molecular complexity index is 4150. The highest BCUT2D eigenvalue weighted by molar-refractivity contribution is 6.93. The van der Waals surface area contributed by atoms with Crippen molar-refractivity contribution >= 4 is 51.9 Å². The van der Waals surface area contributed by atoms with Gasteiger partial charge in [0.2, 0.25) is 0 Å². The van der Waals surface area contributed by atoms with Crippen molar-refractivity contribution in [3.63, 3.8) is 0 Å². The highest BCUT2D eigenvalue weighted by Gasteiger charge is 2.57. The number of anilines is 6. The van der Waals surface area contributed by atoms with Gasteiger partial charge in [-0.15, -0.1) is 0 Å². The topological polar surface area (TPSA) is 9.72 Å². The summed E-state index contributed by atoms with van der Waals surface area (Å²) in [6.07, 6.45) is 14.9. The van der Waals surface area contributed by atoms with Gasteiger partial charge in [0.05, 0.1) is 5.54 Å². The van der Waals surface area contributed by atoms with Crippen LogP contribution in [-0.4, -0.2) is 12.4 Å². The van der Waals surface area contributed by atoms with Gasteiger partial charge in [-0.3, -0.25) is 0 Å². The summed E-state index contributed by atoms with van der Waals surface area (Å²) in [5.74, 6) is 0.0149. The Kier molecular flexibility index (Phi) is 13.1. The van der Waals surface area contributed by atoms with Crippen molar-refractivity contribution < 1.29 is 0 Å². The van der Waals surface area contributed by atoms with Gasteiger partial charge in [-0.05, 0) is 216 Å². The average molecular weight is 1090 g/mol. The Morgan fingerprint density at radius 2 is 1.12 bits per heavy atom. The number of aryl methyl sites for hydroxylation is 5. The molecule has 4 atom stereocenters. The molecule has 0 radical (unpaired) electrons. The molecule has 0 aromatic heterocycles. The Morgan fingerprint density at radius 3 is 1.77 bits per heavy atom. The second kappa shape index (κ2) is 20.5. The lowest BCUT2D eigenvalue weighted by Gasteiger charge is -2.59. The monoisotopic (exact) mass is 1090 g/mol. The van der Waals surface area contributed by atoms with E-state index in [-0.39, 0.29) is 18.2 Å². The molecule has 4 heteroatoms. The molecule has 3 nitrogen and oxygen atoms in total. The minimum absolute atomic E-state index is 0.0149. The molecule has 0 N–H and O–H groups in total. The minimum Gasteiger partial charge on any atom is -0.380 e. The van der Waals surface area contributed by atoms with E-state index in [1.807, 2.05) is 0 Å². The standard InChI is InChI=1S/C80H78BN3/c1-11-13-24-57-31-35-64(36-32-57)83-65-37-40-71-68(50-65)81-76-67(48-62(74-54(5)44-52(3)45-55(74)6)49-72(76)82(71)69-38-33-60(46-53(69)4)58-25-18-15-19-26-58)66-47-61(59-27-20-16-21-28-59)34-39-70(66)84(81)73-51-79(9,63-29-22-17-23-30-63)77-75(56(73)7)80(83,10)43-42-78(77,8)41-14-12-2/h15-23,25-40,42-51,56H,11-14,24,41H2,1-10H3. The van der Waals surface area contributed by atoms with Crippen LogP contribution in [0.4, 0.5) is 34.1 Å². The third-order valence-electron chi connectivity index (χ3n) is 20.1. The predicted molar refractivity (Wildman–Crippen MR) is 360 cm³/mol. The van der Waals surface area contributed by atoms with E-state index in [9.17, 15) is 0 Å². The number of hydrogen-bond acceptors (Lipinski definition) is 3. The zero-order chi connectivity index (χ0) is 57.8. The minimum atomic E-state index is -0.572.